The van der Waals surface area contributed by atoms with Crippen molar-refractivity contribution < 1.29 is 57.5 Å². The van der Waals surface area contributed by atoms with E-state index in [2.05, 4.69) is 13.8 Å². The smallest absolute Gasteiger partial charge is 0.549 e. The van der Waals surface area contributed by atoms with E-state index >= 15 is 0 Å². The summed E-state index contributed by atoms with van der Waals surface area (Å²) in [6.07, 6.45) is 17.5. The van der Waals surface area contributed by atoms with Crippen molar-refractivity contribution in [3.05, 3.63) is 0 Å². The number of hydrogen-bond donors (Lipinski definition) is 0. The number of unbranched alkanes of at least 4 members (excludes halogenated alkanes) is 14. The monoisotopic (exact) mass is 396 g/mol. The maximum atomic E-state index is 11.6. The number of carbonyl (C=O) groups excluding carboxylic acids is 2. The van der Waals surface area contributed by atoms with Gasteiger partial charge < -0.3 is 19.8 Å². The summed E-state index contributed by atoms with van der Waals surface area (Å²) in [6, 6.07) is 0. The molecule has 0 unspecified atom stereocenters. The summed E-state index contributed by atoms with van der Waals surface area (Å²) >= 11 is 0. The minimum atomic E-state index is -1.80. The number of carboxylic acids is 2. The van der Waals surface area contributed by atoms with Crippen molar-refractivity contribution >= 4 is 11.9 Å². The molecular formula is C23H42Li2O4. The molecule has 0 aliphatic rings. The first kappa shape index (κ1) is 33.8. The third-order valence-corrected chi connectivity index (χ3v) is 5.70. The quantitative estimate of drug-likeness (QED) is 0.143. The summed E-state index contributed by atoms with van der Waals surface area (Å²) in [5, 5.41) is 23.2. The predicted molar refractivity (Wildman–Crippen MR) is 107 cm³/mol. The van der Waals surface area contributed by atoms with Crippen molar-refractivity contribution in [3.8, 4) is 0 Å². The molecule has 29 heavy (non-hydrogen) atoms. The summed E-state index contributed by atoms with van der Waals surface area (Å²) < 4.78 is 0. The predicted octanol–water partition coefficient (Wildman–Crippen LogP) is -1.46. The van der Waals surface area contributed by atoms with Crippen LogP contribution in [0.4, 0.5) is 0 Å². The van der Waals surface area contributed by atoms with Crippen molar-refractivity contribution in [1.29, 1.82) is 0 Å². The van der Waals surface area contributed by atoms with Crippen LogP contribution in [-0.2, 0) is 9.59 Å². The molecule has 0 aliphatic carbocycles. The van der Waals surface area contributed by atoms with Crippen molar-refractivity contribution in [2.24, 2.45) is 5.41 Å². The van der Waals surface area contributed by atoms with Gasteiger partial charge in [-0.1, -0.05) is 117 Å². The Hall–Kier alpha value is 0.135. The van der Waals surface area contributed by atoms with E-state index in [1.54, 1.807) is 0 Å². The molecule has 0 spiro atoms. The molecule has 0 aromatic carbocycles. The van der Waals surface area contributed by atoms with Gasteiger partial charge in [-0.2, -0.15) is 0 Å². The van der Waals surface area contributed by atoms with E-state index in [9.17, 15) is 19.8 Å². The van der Waals surface area contributed by atoms with Gasteiger partial charge in [0.25, 0.3) is 0 Å². The largest absolute Gasteiger partial charge is 1.00 e. The van der Waals surface area contributed by atoms with Crippen molar-refractivity contribution in [2.45, 2.75) is 129 Å². The second kappa shape index (κ2) is 22.8. The van der Waals surface area contributed by atoms with E-state index in [0.29, 0.717) is 12.8 Å². The molecule has 0 aliphatic heterocycles. The van der Waals surface area contributed by atoms with Gasteiger partial charge in [0.1, 0.15) is 0 Å². The van der Waals surface area contributed by atoms with Crippen molar-refractivity contribution in [3.63, 3.8) is 0 Å². The molecule has 0 N–H and O–H groups in total. The summed E-state index contributed by atoms with van der Waals surface area (Å²) in [7, 11) is 0. The Morgan fingerprint density at radius 1 is 0.517 bits per heavy atom. The molecule has 0 aromatic heterocycles. The molecule has 0 radical (unpaired) electrons. The van der Waals surface area contributed by atoms with Gasteiger partial charge in [-0.25, -0.2) is 0 Å². The maximum Gasteiger partial charge on any atom is 1.00 e. The van der Waals surface area contributed by atoms with Crippen LogP contribution in [0.2, 0.25) is 0 Å². The van der Waals surface area contributed by atoms with E-state index in [1.807, 2.05) is 0 Å². The molecule has 4 nitrogen and oxygen atoms in total. The van der Waals surface area contributed by atoms with Gasteiger partial charge >= 0.3 is 37.7 Å². The number of hydrogen-bond acceptors (Lipinski definition) is 4. The van der Waals surface area contributed by atoms with Crippen molar-refractivity contribution in [1.82, 2.24) is 0 Å². The van der Waals surface area contributed by atoms with Crippen LogP contribution >= 0.6 is 0 Å². The van der Waals surface area contributed by atoms with Crippen LogP contribution in [-0.4, -0.2) is 11.9 Å². The minimum absolute atomic E-state index is 0. The molecule has 0 fully saturated rings. The first-order valence-corrected chi connectivity index (χ1v) is 11.4. The number of rotatable bonds is 20. The van der Waals surface area contributed by atoms with E-state index in [-0.39, 0.29) is 50.6 Å². The molecule has 0 aromatic rings. The fourth-order valence-corrected chi connectivity index (χ4v) is 3.74. The average molecular weight is 396 g/mol. The molecule has 0 heterocycles. The Balaban J connectivity index is -0.00000338. The third-order valence-electron chi connectivity index (χ3n) is 5.70. The average Bonchev–Trinajstić information content (AvgIpc) is 2.63. The molecular weight excluding hydrogens is 354 g/mol. The van der Waals surface area contributed by atoms with E-state index in [1.165, 1.54) is 51.4 Å². The van der Waals surface area contributed by atoms with Gasteiger partial charge in [-0.05, 0) is 12.8 Å². The van der Waals surface area contributed by atoms with Gasteiger partial charge in [-0.15, -0.1) is 0 Å². The molecule has 0 amide bonds. The van der Waals surface area contributed by atoms with E-state index in [4.69, 9.17) is 0 Å². The first-order valence-electron chi connectivity index (χ1n) is 11.4. The van der Waals surface area contributed by atoms with Gasteiger partial charge in [0, 0.05) is 5.41 Å². The zero-order valence-electron chi connectivity index (χ0n) is 19.9. The Morgan fingerprint density at radius 2 is 0.759 bits per heavy atom. The van der Waals surface area contributed by atoms with Crippen LogP contribution in [0.25, 0.3) is 0 Å². The Bertz CT molecular complexity index is 353. The zero-order chi connectivity index (χ0) is 20.4. The van der Waals surface area contributed by atoms with E-state index in [0.717, 1.165) is 38.5 Å². The van der Waals surface area contributed by atoms with Gasteiger partial charge in [0.05, 0.1) is 11.9 Å². The van der Waals surface area contributed by atoms with Crippen molar-refractivity contribution in [2.75, 3.05) is 0 Å². The van der Waals surface area contributed by atoms with Crippen LogP contribution in [0.3, 0.4) is 0 Å². The van der Waals surface area contributed by atoms with Gasteiger partial charge in [0.2, 0.25) is 0 Å². The van der Waals surface area contributed by atoms with Crippen LogP contribution in [0.1, 0.15) is 129 Å². The number of carbonyl (C=O) groups is 2. The van der Waals surface area contributed by atoms with E-state index < -0.39 is 17.4 Å². The summed E-state index contributed by atoms with van der Waals surface area (Å²) in [5.41, 5.74) is -1.80. The Labute approximate surface area is 203 Å². The Kier molecular flexibility index (Phi) is 26.6. The zero-order valence-corrected chi connectivity index (χ0v) is 19.9. The fourth-order valence-electron chi connectivity index (χ4n) is 3.74. The van der Waals surface area contributed by atoms with Crippen LogP contribution in [0.15, 0.2) is 0 Å². The van der Waals surface area contributed by atoms with Crippen LogP contribution in [0, 0.1) is 5.41 Å². The number of aliphatic carboxylic acids is 2. The van der Waals surface area contributed by atoms with Gasteiger partial charge in [-0.3, -0.25) is 0 Å². The van der Waals surface area contributed by atoms with Crippen LogP contribution < -0.4 is 47.9 Å². The SMILES string of the molecule is CCCCCCCCCCC(CCCCCCCCCC)(C(=O)[O-])C(=O)[O-].[Li+].[Li+]. The maximum absolute atomic E-state index is 11.6. The Morgan fingerprint density at radius 3 is 1.00 bits per heavy atom. The molecule has 0 bridgehead atoms. The minimum Gasteiger partial charge on any atom is -0.549 e. The normalized spacial score (nSPS) is 10.8. The van der Waals surface area contributed by atoms with Crippen LogP contribution in [0.5, 0.6) is 0 Å². The standard InChI is InChI=1S/C23H44O4.2Li/c1-3-5-7-9-11-13-15-17-19-23(21(24)25,22(26)27)20-18-16-14-12-10-8-6-4-2;;/h3-20H2,1-2H3,(H,24,25)(H,26,27);;/q;2*+1/p-2. The number of carboxylic acid groups (broad SMARTS) is 2. The molecule has 6 heteroatoms. The molecule has 0 saturated heterocycles. The molecule has 0 rings (SSSR count). The molecule has 0 saturated carbocycles. The second-order valence-corrected chi connectivity index (χ2v) is 8.11. The topological polar surface area (TPSA) is 80.3 Å². The van der Waals surface area contributed by atoms with Gasteiger partial charge in [0.15, 0.2) is 0 Å². The summed E-state index contributed by atoms with van der Waals surface area (Å²) in [4.78, 5) is 23.2. The summed E-state index contributed by atoms with van der Waals surface area (Å²) in [5.74, 6) is -2.93. The third kappa shape index (κ3) is 16.5. The first-order chi connectivity index (χ1) is 13.0. The summed E-state index contributed by atoms with van der Waals surface area (Å²) in [6.45, 7) is 4.37. The fraction of sp³-hybridized carbons (Fsp3) is 0.913. The second-order valence-electron chi connectivity index (χ2n) is 8.11. The molecule has 160 valence electrons. The molecule has 0 atom stereocenters.